The lowest BCUT2D eigenvalue weighted by atomic mass is 10.1. The van der Waals surface area contributed by atoms with Crippen molar-refractivity contribution in [1.29, 1.82) is 0 Å². The predicted octanol–water partition coefficient (Wildman–Crippen LogP) is 2.82. The maximum absolute atomic E-state index is 10.3. The van der Waals surface area contributed by atoms with E-state index in [-0.39, 0.29) is 6.54 Å². The van der Waals surface area contributed by atoms with Gasteiger partial charge in [-0.05, 0) is 30.2 Å². The van der Waals surface area contributed by atoms with Crippen LogP contribution in [-0.2, 0) is 10.9 Å². The topological polar surface area (TPSA) is 55.4 Å². The van der Waals surface area contributed by atoms with Crippen molar-refractivity contribution in [3.63, 3.8) is 0 Å². The monoisotopic (exact) mass is 319 g/mol. The molecule has 0 unspecified atom stereocenters. The van der Waals surface area contributed by atoms with Crippen molar-refractivity contribution in [2.24, 2.45) is 0 Å². The van der Waals surface area contributed by atoms with E-state index in [1.807, 2.05) is 30.3 Å². The Morgan fingerprint density at radius 3 is 2.09 bits per heavy atom. The Morgan fingerprint density at radius 2 is 1.68 bits per heavy atom. The van der Waals surface area contributed by atoms with Crippen LogP contribution in [0.2, 0.25) is 0 Å². The number of methoxy groups -OCH3 is 1. The lowest BCUT2D eigenvalue weighted by molar-refractivity contribution is 0.415. The van der Waals surface area contributed by atoms with Gasteiger partial charge in [-0.2, -0.15) is 0 Å². The van der Waals surface area contributed by atoms with Crippen LogP contribution in [0.25, 0.3) is 5.57 Å². The summed E-state index contributed by atoms with van der Waals surface area (Å²) in [5.74, 6) is 0.759. The number of hydrogen-bond donors (Lipinski definition) is 2. The van der Waals surface area contributed by atoms with E-state index in [9.17, 15) is 8.42 Å². The molecule has 0 amide bonds. The number of rotatable bonds is 5. The van der Waals surface area contributed by atoms with Crippen LogP contribution in [0.1, 0.15) is 11.1 Å². The second kappa shape index (κ2) is 9.76. The van der Waals surface area contributed by atoms with Crippen molar-refractivity contribution in [2.75, 3.05) is 13.7 Å². The highest BCUT2D eigenvalue weighted by atomic mass is 32.2. The van der Waals surface area contributed by atoms with Gasteiger partial charge in [0, 0.05) is 6.54 Å². The number of thiol groups is 1. The second-order valence-electron chi connectivity index (χ2n) is 4.58. The van der Waals surface area contributed by atoms with E-state index in [1.165, 1.54) is 5.56 Å². The first kappa shape index (κ1) is 17.9. The Bertz CT molecular complexity index is 641. The van der Waals surface area contributed by atoms with Gasteiger partial charge in [-0.25, -0.2) is 13.1 Å². The molecule has 2 aromatic rings. The lowest BCUT2D eigenvalue weighted by Gasteiger charge is -2.05. The van der Waals surface area contributed by atoms with Crippen molar-refractivity contribution in [3.05, 3.63) is 72.3 Å². The Morgan fingerprint density at radius 1 is 1.09 bits per heavy atom. The summed E-state index contributed by atoms with van der Waals surface area (Å²) in [6.45, 7) is 6.09. The number of hydrogen-bond acceptors (Lipinski definition) is 3. The molecule has 4 nitrogen and oxygen atoms in total. The fourth-order valence-electron chi connectivity index (χ4n) is 1.62. The summed E-state index contributed by atoms with van der Waals surface area (Å²) in [7, 11) is -0.977. The number of nitrogens with one attached hydrogen (secondary N) is 1. The van der Waals surface area contributed by atoms with Crippen molar-refractivity contribution in [1.82, 2.24) is 4.72 Å². The van der Waals surface area contributed by atoms with Crippen LogP contribution in [0.3, 0.4) is 0 Å². The van der Waals surface area contributed by atoms with Gasteiger partial charge >= 0.3 is 0 Å². The molecule has 0 aromatic heterocycles. The molecular weight excluding hydrogens is 298 g/mol. The zero-order valence-electron chi connectivity index (χ0n) is 12.8. The third-order valence-electron chi connectivity index (χ3n) is 2.86. The molecule has 0 saturated heterocycles. The van der Waals surface area contributed by atoms with Crippen LogP contribution < -0.4 is 9.46 Å². The van der Waals surface area contributed by atoms with E-state index in [4.69, 9.17) is 4.74 Å². The van der Waals surface area contributed by atoms with Gasteiger partial charge in [-0.15, -0.1) is 0 Å². The van der Waals surface area contributed by atoms with E-state index in [0.29, 0.717) is 0 Å². The lowest BCUT2D eigenvalue weighted by Crippen LogP contribution is -2.13. The van der Waals surface area contributed by atoms with Gasteiger partial charge < -0.3 is 4.74 Å². The minimum Gasteiger partial charge on any atom is -0.497 e. The van der Waals surface area contributed by atoms with Crippen LogP contribution in [0, 0.1) is 6.92 Å². The molecule has 0 heterocycles. The van der Waals surface area contributed by atoms with Crippen LogP contribution >= 0.6 is 0 Å². The normalized spacial score (nSPS) is 9.77. The van der Waals surface area contributed by atoms with E-state index in [2.05, 4.69) is 30.4 Å². The Kier molecular flexibility index (Phi) is 7.96. The van der Waals surface area contributed by atoms with Gasteiger partial charge in [-0.1, -0.05) is 54.6 Å². The second-order valence-corrected chi connectivity index (χ2v) is 5.41. The maximum Gasteiger partial charge on any atom is 0.201 e. The predicted molar refractivity (Wildman–Crippen MR) is 91.5 cm³/mol. The molecule has 1 N–H and O–H groups in total. The summed E-state index contributed by atoms with van der Waals surface area (Å²) in [6, 6.07) is 17.5. The highest BCUT2D eigenvalue weighted by Gasteiger charge is 1.99. The molecule has 0 aliphatic rings. The third kappa shape index (κ3) is 7.06. The average Bonchev–Trinajstić information content (AvgIpc) is 2.54. The largest absolute Gasteiger partial charge is 0.497 e. The van der Waals surface area contributed by atoms with E-state index >= 15 is 0 Å². The molecule has 0 atom stereocenters. The smallest absolute Gasteiger partial charge is 0.201 e. The first-order valence-electron chi connectivity index (χ1n) is 6.74. The van der Waals surface area contributed by atoms with Crippen molar-refractivity contribution in [2.45, 2.75) is 6.92 Å². The zero-order valence-corrected chi connectivity index (χ0v) is 13.7. The highest BCUT2D eigenvalue weighted by Crippen LogP contribution is 2.16. The van der Waals surface area contributed by atoms with Crippen molar-refractivity contribution in [3.8, 4) is 5.75 Å². The quantitative estimate of drug-likeness (QED) is 0.833. The van der Waals surface area contributed by atoms with Crippen LogP contribution in [0.5, 0.6) is 5.75 Å². The minimum atomic E-state index is -2.57. The van der Waals surface area contributed by atoms with Crippen LogP contribution in [-0.4, -0.2) is 22.1 Å². The fourth-order valence-corrected chi connectivity index (χ4v) is 1.94. The maximum atomic E-state index is 10.3. The number of aryl methyl sites for hydroxylation is 1. The SMILES string of the molecule is C=C(CN[SH](=O)=O)c1ccc(OC)cc1.Cc1ccccc1. The van der Waals surface area contributed by atoms with Crippen LogP contribution in [0.4, 0.5) is 0 Å². The van der Waals surface area contributed by atoms with Gasteiger partial charge in [-0.3, -0.25) is 0 Å². The van der Waals surface area contributed by atoms with Crippen LogP contribution in [0.15, 0.2) is 61.2 Å². The Hall–Kier alpha value is -2.11. The fraction of sp³-hybridized carbons (Fsp3) is 0.176. The molecule has 0 fully saturated rings. The molecular formula is C17H21NO3S. The Balaban J connectivity index is 0.000000287. The van der Waals surface area contributed by atoms with E-state index < -0.39 is 10.9 Å². The molecule has 0 bridgehead atoms. The van der Waals surface area contributed by atoms with Crippen molar-refractivity contribution >= 4 is 16.5 Å². The summed E-state index contributed by atoms with van der Waals surface area (Å²) >= 11 is 0. The van der Waals surface area contributed by atoms with Gasteiger partial charge in [0.15, 0.2) is 0 Å². The van der Waals surface area contributed by atoms with Gasteiger partial charge in [0.25, 0.3) is 0 Å². The number of benzene rings is 2. The molecule has 0 aliphatic heterocycles. The molecule has 5 heteroatoms. The van der Waals surface area contributed by atoms with Gasteiger partial charge in [0.05, 0.1) is 7.11 Å². The summed E-state index contributed by atoms with van der Waals surface area (Å²) in [5.41, 5.74) is 2.93. The molecule has 2 rings (SSSR count). The van der Waals surface area contributed by atoms with E-state index in [0.717, 1.165) is 16.9 Å². The molecule has 0 aliphatic carbocycles. The summed E-state index contributed by atoms with van der Waals surface area (Å²) < 4.78 is 27.9. The molecule has 2 aromatic carbocycles. The van der Waals surface area contributed by atoms with Gasteiger partial charge in [0.1, 0.15) is 5.75 Å². The molecule has 0 saturated carbocycles. The summed E-state index contributed by atoms with van der Waals surface area (Å²) in [6.07, 6.45) is 0. The third-order valence-corrected chi connectivity index (χ3v) is 3.28. The standard InChI is InChI=1S/C10H13NO3S.C7H8/c1-8(7-11-15(12)13)9-3-5-10(14-2)6-4-9;1-7-5-3-2-4-6-7/h3-6,15H,1,7H2,2H3,(H,11,12,13);2-6H,1H3. The molecule has 22 heavy (non-hydrogen) atoms. The molecule has 0 radical (unpaired) electrons. The summed E-state index contributed by atoms with van der Waals surface area (Å²) in [4.78, 5) is 0. The van der Waals surface area contributed by atoms with Gasteiger partial charge in [0.2, 0.25) is 10.9 Å². The van der Waals surface area contributed by atoms with Crippen molar-refractivity contribution < 1.29 is 13.2 Å². The zero-order chi connectivity index (χ0) is 16.4. The molecule has 0 spiro atoms. The first-order chi connectivity index (χ1) is 10.5. The molecule has 118 valence electrons. The number of ether oxygens (including phenoxy) is 1. The Labute approximate surface area is 133 Å². The van der Waals surface area contributed by atoms with E-state index in [1.54, 1.807) is 19.2 Å². The first-order valence-corrected chi connectivity index (χ1v) is 7.92. The average molecular weight is 319 g/mol. The minimum absolute atomic E-state index is 0.227. The highest BCUT2D eigenvalue weighted by molar-refractivity contribution is 7.70. The summed E-state index contributed by atoms with van der Waals surface area (Å²) in [5, 5.41) is 0.